The van der Waals surface area contributed by atoms with Gasteiger partial charge in [-0.3, -0.25) is 0 Å². The van der Waals surface area contributed by atoms with Gasteiger partial charge in [0.2, 0.25) is 0 Å². The average molecular weight is 304 g/mol. The van der Waals surface area contributed by atoms with Crippen molar-refractivity contribution in [3.63, 3.8) is 0 Å². The SMILES string of the molecule is COc1ccc(CCC2CCCC3(C)C(O)CCC23)cc1O. The third-order valence-corrected chi connectivity index (χ3v) is 6.27. The van der Waals surface area contributed by atoms with Crippen molar-refractivity contribution in [2.24, 2.45) is 17.3 Å². The van der Waals surface area contributed by atoms with Gasteiger partial charge in [-0.1, -0.05) is 25.8 Å². The summed E-state index contributed by atoms with van der Waals surface area (Å²) >= 11 is 0. The second-order valence-corrected chi connectivity index (χ2v) is 7.40. The van der Waals surface area contributed by atoms with Gasteiger partial charge in [0.25, 0.3) is 0 Å². The maximum absolute atomic E-state index is 10.3. The third kappa shape index (κ3) is 2.71. The van der Waals surface area contributed by atoms with Crippen LogP contribution in [0.4, 0.5) is 0 Å². The molecule has 122 valence electrons. The molecular formula is C19H28O3. The molecule has 0 amide bonds. The summed E-state index contributed by atoms with van der Waals surface area (Å²) < 4.78 is 5.10. The Hall–Kier alpha value is -1.22. The Kier molecular flexibility index (Phi) is 4.35. The molecule has 2 aliphatic carbocycles. The highest BCUT2D eigenvalue weighted by atomic mass is 16.5. The highest BCUT2D eigenvalue weighted by Gasteiger charge is 2.50. The van der Waals surface area contributed by atoms with E-state index in [2.05, 4.69) is 6.92 Å². The second-order valence-electron chi connectivity index (χ2n) is 7.40. The Balaban J connectivity index is 1.65. The van der Waals surface area contributed by atoms with Crippen molar-refractivity contribution in [1.82, 2.24) is 0 Å². The average Bonchev–Trinajstić information content (AvgIpc) is 2.81. The molecule has 2 saturated carbocycles. The van der Waals surface area contributed by atoms with Crippen molar-refractivity contribution in [3.05, 3.63) is 23.8 Å². The minimum absolute atomic E-state index is 0.106. The summed E-state index contributed by atoms with van der Waals surface area (Å²) in [7, 11) is 1.57. The van der Waals surface area contributed by atoms with Crippen LogP contribution in [-0.4, -0.2) is 23.4 Å². The van der Waals surface area contributed by atoms with Crippen LogP contribution >= 0.6 is 0 Å². The van der Waals surface area contributed by atoms with Crippen LogP contribution in [0, 0.1) is 17.3 Å². The van der Waals surface area contributed by atoms with E-state index in [1.807, 2.05) is 18.2 Å². The van der Waals surface area contributed by atoms with E-state index in [1.165, 1.54) is 31.2 Å². The van der Waals surface area contributed by atoms with Gasteiger partial charge in [-0.25, -0.2) is 0 Å². The lowest BCUT2D eigenvalue weighted by Crippen LogP contribution is -2.39. The maximum Gasteiger partial charge on any atom is 0.160 e. The molecule has 2 aliphatic rings. The van der Waals surface area contributed by atoms with Crippen molar-refractivity contribution >= 4 is 0 Å². The van der Waals surface area contributed by atoms with Crippen LogP contribution in [0.5, 0.6) is 11.5 Å². The standard InChI is InChI=1S/C19H28O3/c1-19-11-3-4-14(15(19)8-10-18(19)21)7-5-13-6-9-17(22-2)16(20)12-13/h6,9,12,14-15,18,20-21H,3-5,7-8,10-11H2,1-2H3. The van der Waals surface area contributed by atoms with Crippen LogP contribution in [-0.2, 0) is 6.42 Å². The van der Waals surface area contributed by atoms with Gasteiger partial charge in [0.15, 0.2) is 11.5 Å². The number of aliphatic hydroxyl groups excluding tert-OH is 1. The number of aromatic hydroxyl groups is 1. The zero-order chi connectivity index (χ0) is 15.7. The minimum atomic E-state index is -0.106. The number of aliphatic hydroxyl groups is 1. The molecule has 1 aromatic rings. The van der Waals surface area contributed by atoms with Crippen molar-refractivity contribution in [3.8, 4) is 11.5 Å². The number of ether oxygens (including phenoxy) is 1. The third-order valence-electron chi connectivity index (χ3n) is 6.27. The van der Waals surface area contributed by atoms with Crippen molar-refractivity contribution in [2.45, 2.75) is 58.0 Å². The Morgan fingerprint density at radius 2 is 2.09 bits per heavy atom. The van der Waals surface area contributed by atoms with E-state index in [0.29, 0.717) is 17.6 Å². The predicted molar refractivity (Wildman–Crippen MR) is 87.2 cm³/mol. The van der Waals surface area contributed by atoms with Crippen LogP contribution in [0.25, 0.3) is 0 Å². The Labute approximate surface area is 133 Å². The molecule has 2 fully saturated rings. The Bertz CT molecular complexity index is 527. The lowest BCUT2D eigenvalue weighted by atomic mass is 9.62. The summed E-state index contributed by atoms with van der Waals surface area (Å²) in [4.78, 5) is 0. The first-order valence-corrected chi connectivity index (χ1v) is 8.58. The molecule has 0 saturated heterocycles. The summed E-state index contributed by atoms with van der Waals surface area (Å²) in [6, 6.07) is 5.71. The molecule has 3 heteroatoms. The van der Waals surface area contributed by atoms with E-state index in [-0.39, 0.29) is 17.3 Å². The maximum atomic E-state index is 10.3. The molecule has 0 heterocycles. The summed E-state index contributed by atoms with van der Waals surface area (Å²) in [6.45, 7) is 2.29. The zero-order valence-corrected chi connectivity index (χ0v) is 13.7. The number of methoxy groups -OCH3 is 1. The zero-order valence-electron chi connectivity index (χ0n) is 13.7. The summed E-state index contributed by atoms with van der Waals surface area (Å²) in [5.41, 5.74) is 1.31. The van der Waals surface area contributed by atoms with Crippen LogP contribution in [0.2, 0.25) is 0 Å². The summed E-state index contributed by atoms with van der Waals surface area (Å²) in [5, 5.41) is 20.2. The summed E-state index contributed by atoms with van der Waals surface area (Å²) in [5.74, 6) is 2.14. The lowest BCUT2D eigenvalue weighted by molar-refractivity contribution is -0.0119. The number of fused-ring (bicyclic) bond motifs is 1. The van der Waals surface area contributed by atoms with Crippen LogP contribution < -0.4 is 4.74 Å². The van der Waals surface area contributed by atoms with Gasteiger partial charge < -0.3 is 14.9 Å². The topological polar surface area (TPSA) is 49.7 Å². The molecule has 3 rings (SSSR count). The molecular weight excluding hydrogens is 276 g/mol. The van der Waals surface area contributed by atoms with Crippen molar-refractivity contribution in [2.75, 3.05) is 7.11 Å². The fraction of sp³-hybridized carbons (Fsp3) is 0.684. The smallest absolute Gasteiger partial charge is 0.160 e. The van der Waals surface area contributed by atoms with Crippen molar-refractivity contribution in [1.29, 1.82) is 0 Å². The number of phenols is 1. The molecule has 4 atom stereocenters. The van der Waals surface area contributed by atoms with Gasteiger partial charge in [-0.05, 0) is 67.1 Å². The van der Waals surface area contributed by atoms with Gasteiger partial charge in [0, 0.05) is 0 Å². The van der Waals surface area contributed by atoms with Crippen LogP contribution in [0.3, 0.4) is 0 Å². The quantitative estimate of drug-likeness (QED) is 0.886. The van der Waals surface area contributed by atoms with Crippen LogP contribution in [0.15, 0.2) is 18.2 Å². The van der Waals surface area contributed by atoms with Gasteiger partial charge >= 0.3 is 0 Å². The Morgan fingerprint density at radius 3 is 2.82 bits per heavy atom. The van der Waals surface area contributed by atoms with Gasteiger partial charge in [-0.15, -0.1) is 0 Å². The van der Waals surface area contributed by atoms with E-state index < -0.39 is 0 Å². The normalized spacial score (nSPS) is 34.4. The minimum Gasteiger partial charge on any atom is -0.504 e. The van der Waals surface area contributed by atoms with Crippen LogP contribution in [0.1, 0.15) is 51.0 Å². The first kappa shape index (κ1) is 15.7. The first-order chi connectivity index (χ1) is 10.5. The number of hydrogen-bond acceptors (Lipinski definition) is 3. The lowest BCUT2D eigenvalue weighted by Gasteiger charge is -2.43. The van der Waals surface area contributed by atoms with Gasteiger partial charge in [0.05, 0.1) is 13.2 Å². The molecule has 0 aromatic heterocycles. The van der Waals surface area contributed by atoms with E-state index >= 15 is 0 Å². The first-order valence-electron chi connectivity index (χ1n) is 8.58. The number of benzene rings is 1. The van der Waals surface area contributed by atoms with E-state index in [1.54, 1.807) is 7.11 Å². The molecule has 2 N–H and O–H groups in total. The molecule has 22 heavy (non-hydrogen) atoms. The number of aryl methyl sites for hydroxylation is 1. The molecule has 1 aromatic carbocycles. The predicted octanol–water partition coefficient (Wildman–Crippen LogP) is 3.91. The molecule has 4 unspecified atom stereocenters. The highest BCUT2D eigenvalue weighted by molar-refractivity contribution is 5.41. The number of hydrogen-bond donors (Lipinski definition) is 2. The van der Waals surface area contributed by atoms with E-state index in [0.717, 1.165) is 19.3 Å². The highest BCUT2D eigenvalue weighted by Crippen LogP contribution is 2.55. The Morgan fingerprint density at radius 1 is 1.27 bits per heavy atom. The van der Waals surface area contributed by atoms with Gasteiger partial charge in [-0.2, -0.15) is 0 Å². The van der Waals surface area contributed by atoms with E-state index in [4.69, 9.17) is 4.74 Å². The summed E-state index contributed by atoms with van der Waals surface area (Å²) in [6.07, 6.45) is 7.89. The fourth-order valence-electron chi connectivity index (χ4n) is 4.91. The second kappa shape index (κ2) is 6.11. The molecule has 0 radical (unpaired) electrons. The number of phenolic OH excluding ortho intramolecular Hbond substituents is 1. The fourth-order valence-corrected chi connectivity index (χ4v) is 4.91. The number of rotatable bonds is 4. The monoisotopic (exact) mass is 304 g/mol. The molecule has 0 spiro atoms. The molecule has 3 nitrogen and oxygen atoms in total. The largest absolute Gasteiger partial charge is 0.504 e. The van der Waals surface area contributed by atoms with E-state index in [9.17, 15) is 10.2 Å². The molecule has 0 aliphatic heterocycles. The molecule has 0 bridgehead atoms. The van der Waals surface area contributed by atoms with Gasteiger partial charge in [0.1, 0.15) is 0 Å². The van der Waals surface area contributed by atoms with Crippen molar-refractivity contribution < 1.29 is 14.9 Å².